The fraction of sp³-hybridized carbons (Fsp3) is 0.667. The molecule has 1 N–H and O–H groups in total. The zero-order valence-electron chi connectivity index (χ0n) is 17.0. The molecule has 26 heavy (non-hydrogen) atoms. The molecule has 0 unspecified atom stereocenters. The van der Waals surface area contributed by atoms with Gasteiger partial charge in [-0.05, 0) is 29.4 Å². The van der Waals surface area contributed by atoms with Crippen LogP contribution in [0.25, 0.3) is 0 Å². The van der Waals surface area contributed by atoms with Crippen LogP contribution in [-0.4, -0.2) is 62.3 Å². The summed E-state index contributed by atoms with van der Waals surface area (Å²) in [5.41, 5.74) is 3.43. The quantitative estimate of drug-likeness (QED) is 0.743. The molecule has 0 aromatic heterocycles. The molecule has 1 fully saturated rings. The summed E-state index contributed by atoms with van der Waals surface area (Å²) in [6.07, 6.45) is 1.04. The number of anilines is 1. The van der Waals surface area contributed by atoms with Crippen LogP contribution in [0.2, 0.25) is 0 Å². The van der Waals surface area contributed by atoms with Gasteiger partial charge in [-0.3, -0.25) is 4.90 Å². The zero-order chi connectivity index (χ0) is 19.1. The molecule has 2 rings (SSSR count). The Labute approximate surface area is 158 Å². The standard InChI is InChI=1S/C21H35N3O2/c1-16(2)18-8-6-9-19(17(3)4)20(18)22-21(25)24-13-11-23(12-14-24)10-7-15-26-5/h6,8-9,16-17H,7,10-15H2,1-5H3,(H,22,25). The molecule has 5 heteroatoms. The van der Waals surface area contributed by atoms with E-state index in [1.165, 1.54) is 11.1 Å². The average Bonchev–Trinajstić information content (AvgIpc) is 2.62. The summed E-state index contributed by atoms with van der Waals surface area (Å²) in [5, 5.41) is 3.23. The van der Waals surface area contributed by atoms with Crippen LogP contribution in [0.3, 0.4) is 0 Å². The first-order valence-electron chi connectivity index (χ1n) is 9.84. The van der Waals surface area contributed by atoms with E-state index in [1.807, 2.05) is 4.90 Å². The third kappa shape index (κ3) is 5.45. The monoisotopic (exact) mass is 361 g/mol. The van der Waals surface area contributed by atoms with Crippen LogP contribution in [0, 0.1) is 0 Å². The van der Waals surface area contributed by atoms with Gasteiger partial charge in [0.2, 0.25) is 0 Å². The maximum Gasteiger partial charge on any atom is 0.321 e. The number of urea groups is 1. The van der Waals surface area contributed by atoms with E-state index in [1.54, 1.807) is 7.11 Å². The number of carbonyl (C=O) groups excluding carboxylic acids is 1. The maximum absolute atomic E-state index is 12.9. The van der Waals surface area contributed by atoms with Crippen molar-refractivity contribution in [2.75, 3.05) is 51.8 Å². The molecular formula is C21H35N3O2. The number of benzene rings is 1. The van der Waals surface area contributed by atoms with Crippen LogP contribution >= 0.6 is 0 Å². The number of rotatable bonds is 7. The predicted molar refractivity (Wildman–Crippen MR) is 108 cm³/mol. The highest BCUT2D eigenvalue weighted by Crippen LogP contribution is 2.32. The Bertz CT molecular complexity index is 552. The van der Waals surface area contributed by atoms with E-state index in [2.05, 4.69) is 56.1 Å². The van der Waals surface area contributed by atoms with E-state index in [0.29, 0.717) is 11.8 Å². The van der Waals surface area contributed by atoms with Gasteiger partial charge in [-0.15, -0.1) is 0 Å². The average molecular weight is 362 g/mol. The number of ether oxygens (including phenoxy) is 1. The molecule has 0 radical (unpaired) electrons. The summed E-state index contributed by atoms with van der Waals surface area (Å²) in [6, 6.07) is 6.37. The number of para-hydroxylation sites is 1. The molecule has 1 aromatic rings. The predicted octanol–water partition coefficient (Wildman–Crippen LogP) is 4.12. The summed E-state index contributed by atoms with van der Waals surface area (Å²) < 4.78 is 5.12. The van der Waals surface area contributed by atoms with Crippen LogP contribution in [0.1, 0.15) is 57.1 Å². The van der Waals surface area contributed by atoms with E-state index in [4.69, 9.17) is 4.74 Å². The number of hydrogen-bond donors (Lipinski definition) is 1. The number of piperazine rings is 1. The Morgan fingerprint density at radius 1 is 1.08 bits per heavy atom. The SMILES string of the molecule is COCCCN1CCN(C(=O)Nc2c(C(C)C)cccc2C(C)C)CC1. The fourth-order valence-electron chi connectivity index (χ4n) is 3.49. The number of nitrogens with one attached hydrogen (secondary N) is 1. The van der Waals surface area contributed by atoms with E-state index in [0.717, 1.165) is 51.4 Å². The summed E-state index contributed by atoms with van der Waals surface area (Å²) in [7, 11) is 1.74. The minimum Gasteiger partial charge on any atom is -0.385 e. The minimum atomic E-state index is 0.0246. The molecule has 0 bridgehead atoms. The molecular weight excluding hydrogens is 326 g/mol. The lowest BCUT2D eigenvalue weighted by Gasteiger charge is -2.35. The van der Waals surface area contributed by atoms with Crippen molar-refractivity contribution in [2.24, 2.45) is 0 Å². The van der Waals surface area contributed by atoms with Gasteiger partial charge < -0.3 is 15.0 Å². The van der Waals surface area contributed by atoms with E-state index >= 15 is 0 Å². The summed E-state index contributed by atoms with van der Waals surface area (Å²) in [5.74, 6) is 0.753. The first kappa shape index (κ1) is 20.7. The van der Waals surface area contributed by atoms with Crippen molar-refractivity contribution >= 4 is 11.7 Å². The van der Waals surface area contributed by atoms with Crippen molar-refractivity contribution in [3.8, 4) is 0 Å². The number of carbonyl (C=O) groups is 1. The van der Waals surface area contributed by atoms with Crippen molar-refractivity contribution in [1.82, 2.24) is 9.80 Å². The minimum absolute atomic E-state index is 0.0246. The molecule has 1 saturated heterocycles. The van der Waals surface area contributed by atoms with Crippen LogP contribution in [0.5, 0.6) is 0 Å². The zero-order valence-corrected chi connectivity index (χ0v) is 17.0. The largest absolute Gasteiger partial charge is 0.385 e. The molecule has 146 valence electrons. The number of methoxy groups -OCH3 is 1. The fourth-order valence-corrected chi connectivity index (χ4v) is 3.49. The molecule has 1 aliphatic rings. The molecule has 1 aromatic carbocycles. The lowest BCUT2D eigenvalue weighted by Crippen LogP contribution is -2.50. The third-order valence-electron chi connectivity index (χ3n) is 5.09. The van der Waals surface area contributed by atoms with Crippen molar-refractivity contribution in [3.05, 3.63) is 29.3 Å². The van der Waals surface area contributed by atoms with Gasteiger partial charge in [0.15, 0.2) is 0 Å². The first-order valence-corrected chi connectivity index (χ1v) is 9.84. The third-order valence-corrected chi connectivity index (χ3v) is 5.09. The lowest BCUT2D eigenvalue weighted by atomic mass is 9.93. The second kappa shape index (κ2) is 9.93. The smallest absolute Gasteiger partial charge is 0.321 e. The van der Waals surface area contributed by atoms with E-state index < -0.39 is 0 Å². The van der Waals surface area contributed by atoms with Gasteiger partial charge >= 0.3 is 6.03 Å². The van der Waals surface area contributed by atoms with Gasteiger partial charge in [-0.25, -0.2) is 4.79 Å². The Balaban J connectivity index is 2.00. The molecule has 2 amide bonds. The molecule has 0 spiro atoms. The normalized spacial score (nSPS) is 15.7. The molecule has 0 aliphatic carbocycles. The number of hydrogen-bond acceptors (Lipinski definition) is 3. The Morgan fingerprint density at radius 2 is 1.65 bits per heavy atom. The van der Waals surface area contributed by atoms with Crippen LogP contribution in [0.15, 0.2) is 18.2 Å². The lowest BCUT2D eigenvalue weighted by molar-refractivity contribution is 0.130. The first-order chi connectivity index (χ1) is 12.4. The highest BCUT2D eigenvalue weighted by molar-refractivity contribution is 5.91. The summed E-state index contributed by atoms with van der Waals surface area (Å²) in [6.45, 7) is 13.9. The molecule has 1 aliphatic heterocycles. The Morgan fingerprint density at radius 3 is 2.15 bits per heavy atom. The summed E-state index contributed by atoms with van der Waals surface area (Å²) >= 11 is 0. The van der Waals surface area contributed by atoms with Crippen molar-refractivity contribution in [3.63, 3.8) is 0 Å². The van der Waals surface area contributed by atoms with Crippen molar-refractivity contribution in [2.45, 2.75) is 46.0 Å². The van der Waals surface area contributed by atoms with Gasteiger partial charge in [-0.1, -0.05) is 45.9 Å². The topological polar surface area (TPSA) is 44.8 Å². The Kier molecular flexibility index (Phi) is 7.91. The summed E-state index contributed by atoms with van der Waals surface area (Å²) in [4.78, 5) is 17.2. The van der Waals surface area contributed by atoms with Gasteiger partial charge in [0, 0.05) is 52.1 Å². The van der Waals surface area contributed by atoms with Gasteiger partial charge in [0.25, 0.3) is 0 Å². The maximum atomic E-state index is 12.9. The van der Waals surface area contributed by atoms with Crippen LogP contribution < -0.4 is 5.32 Å². The van der Waals surface area contributed by atoms with E-state index in [-0.39, 0.29) is 6.03 Å². The second-order valence-electron chi connectivity index (χ2n) is 7.73. The van der Waals surface area contributed by atoms with Gasteiger partial charge in [-0.2, -0.15) is 0 Å². The highest BCUT2D eigenvalue weighted by Gasteiger charge is 2.23. The molecule has 0 saturated carbocycles. The number of amides is 2. The Hall–Kier alpha value is -1.59. The molecule has 1 heterocycles. The van der Waals surface area contributed by atoms with Crippen molar-refractivity contribution < 1.29 is 9.53 Å². The van der Waals surface area contributed by atoms with Gasteiger partial charge in [0.05, 0.1) is 0 Å². The van der Waals surface area contributed by atoms with Crippen molar-refractivity contribution in [1.29, 1.82) is 0 Å². The van der Waals surface area contributed by atoms with Gasteiger partial charge in [0.1, 0.15) is 0 Å². The van der Waals surface area contributed by atoms with Crippen LogP contribution in [-0.2, 0) is 4.74 Å². The second-order valence-corrected chi connectivity index (χ2v) is 7.73. The molecule has 0 atom stereocenters. The highest BCUT2D eigenvalue weighted by atomic mass is 16.5. The van der Waals surface area contributed by atoms with Crippen LogP contribution in [0.4, 0.5) is 10.5 Å². The number of nitrogens with zero attached hydrogens (tertiary/aromatic N) is 2. The van der Waals surface area contributed by atoms with E-state index in [9.17, 15) is 4.79 Å². The molecule has 5 nitrogen and oxygen atoms in total.